The average Bonchev–Trinajstić information content (AvgIpc) is 2.77. The molecule has 20 heavy (non-hydrogen) atoms. The second kappa shape index (κ2) is 6.01. The maximum atomic E-state index is 6.27. The molecule has 0 aliphatic rings. The van der Waals surface area contributed by atoms with Gasteiger partial charge in [-0.25, -0.2) is 0 Å². The van der Waals surface area contributed by atoms with Crippen LogP contribution < -0.4 is 15.2 Å². The Morgan fingerprint density at radius 1 is 1.10 bits per heavy atom. The molecule has 4 heteroatoms. The van der Waals surface area contributed by atoms with E-state index < -0.39 is 0 Å². The Bertz CT molecular complexity index is 589. The minimum absolute atomic E-state index is 0.0921. The van der Waals surface area contributed by atoms with E-state index in [1.807, 2.05) is 38.1 Å². The first kappa shape index (κ1) is 14.5. The fourth-order valence-electron chi connectivity index (χ4n) is 2.39. The highest BCUT2D eigenvalue weighted by Crippen LogP contribution is 2.30. The zero-order valence-corrected chi connectivity index (χ0v) is 12.4. The number of hydrogen-bond donors (Lipinski definition) is 1. The fraction of sp³-hybridized carbons (Fsp3) is 0.375. The van der Waals surface area contributed by atoms with Crippen LogP contribution in [-0.2, 0) is 6.42 Å². The van der Waals surface area contributed by atoms with Gasteiger partial charge in [0.2, 0.25) is 0 Å². The predicted molar refractivity (Wildman–Crippen MR) is 78.4 cm³/mol. The van der Waals surface area contributed by atoms with Gasteiger partial charge in [-0.2, -0.15) is 0 Å². The largest absolute Gasteiger partial charge is 0.493 e. The van der Waals surface area contributed by atoms with Gasteiger partial charge in [-0.15, -0.1) is 0 Å². The summed E-state index contributed by atoms with van der Waals surface area (Å²) in [5, 5.41) is 0. The number of rotatable bonds is 5. The molecule has 0 aliphatic heterocycles. The Kier molecular flexibility index (Phi) is 4.35. The second-order valence-electron chi connectivity index (χ2n) is 4.87. The molecule has 1 unspecified atom stereocenters. The number of nitrogens with two attached hydrogens (primary N) is 1. The average molecular weight is 275 g/mol. The Morgan fingerprint density at radius 2 is 1.80 bits per heavy atom. The van der Waals surface area contributed by atoms with Gasteiger partial charge in [0.1, 0.15) is 11.5 Å². The van der Waals surface area contributed by atoms with Crippen LogP contribution >= 0.6 is 0 Å². The summed E-state index contributed by atoms with van der Waals surface area (Å²) < 4.78 is 16.1. The van der Waals surface area contributed by atoms with Crippen molar-refractivity contribution in [2.45, 2.75) is 26.3 Å². The van der Waals surface area contributed by atoms with Gasteiger partial charge in [-0.3, -0.25) is 0 Å². The van der Waals surface area contributed by atoms with E-state index in [4.69, 9.17) is 19.6 Å². The summed E-state index contributed by atoms with van der Waals surface area (Å²) in [5.74, 6) is 3.22. The van der Waals surface area contributed by atoms with Crippen molar-refractivity contribution >= 4 is 0 Å². The van der Waals surface area contributed by atoms with Crippen LogP contribution in [0.2, 0.25) is 0 Å². The first-order valence-electron chi connectivity index (χ1n) is 6.58. The van der Waals surface area contributed by atoms with Crippen LogP contribution in [-0.4, -0.2) is 14.2 Å². The monoisotopic (exact) mass is 275 g/mol. The van der Waals surface area contributed by atoms with Crippen LogP contribution in [0.5, 0.6) is 11.5 Å². The molecule has 108 valence electrons. The molecule has 2 rings (SSSR count). The number of hydrogen-bond acceptors (Lipinski definition) is 4. The first-order chi connectivity index (χ1) is 9.55. The van der Waals surface area contributed by atoms with E-state index in [2.05, 4.69) is 0 Å². The van der Waals surface area contributed by atoms with Crippen molar-refractivity contribution in [3.05, 3.63) is 46.9 Å². The minimum atomic E-state index is -0.0921. The molecule has 0 saturated carbocycles. The molecule has 0 aliphatic carbocycles. The molecular formula is C16H21NO3. The van der Waals surface area contributed by atoms with Crippen LogP contribution in [0.25, 0.3) is 0 Å². The Hall–Kier alpha value is -1.94. The van der Waals surface area contributed by atoms with Crippen LogP contribution in [0.4, 0.5) is 0 Å². The smallest absolute Gasteiger partial charge is 0.160 e. The highest BCUT2D eigenvalue weighted by Gasteiger charge is 2.15. The Balaban J connectivity index is 2.19. The van der Waals surface area contributed by atoms with Crippen molar-refractivity contribution in [3.63, 3.8) is 0 Å². The fourth-order valence-corrected chi connectivity index (χ4v) is 2.39. The van der Waals surface area contributed by atoms with Crippen molar-refractivity contribution in [1.29, 1.82) is 0 Å². The van der Waals surface area contributed by atoms with Gasteiger partial charge in [-0.1, -0.05) is 6.07 Å². The summed E-state index contributed by atoms with van der Waals surface area (Å²) in [4.78, 5) is 0. The van der Waals surface area contributed by atoms with Gasteiger partial charge in [-0.05, 0) is 44.0 Å². The van der Waals surface area contributed by atoms with Gasteiger partial charge in [0.15, 0.2) is 11.5 Å². The van der Waals surface area contributed by atoms with E-state index in [1.165, 1.54) is 0 Å². The molecule has 0 radical (unpaired) electrons. The number of furan rings is 1. The van der Waals surface area contributed by atoms with E-state index in [0.29, 0.717) is 0 Å². The van der Waals surface area contributed by atoms with E-state index >= 15 is 0 Å². The van der Waals surface area contributed by atoms with Crippen molar-refractivity contribution in [3.8, 4) is 11.5 Å². The van der Waals surface area contributed by atoms with Crippen molar-refractivity contribution in [1.82, 2.24) is 0 Å². The lowest BCUT2D eigenvalue weighted by atomic mass is 9.99. The van der Waals surface area contributed by atoms with Crippen LogP contribution in [0.15, 0.2) is 28.7 Å². The highest BCUT2D eigenvalue weighted by molar-refractivity contribution is 5.43. The summed E-state index contributed by atoms with van der Waals surface area (Å²) in [6, 6.07) is 7.77. The third-order valence-corrected chi connectivity index (χ3v) is 3.38. The number of aryl methyl sites for hydroxylation is 2. The van der Waals surface area contributed by atoms with Crippen molar-refractivity contribution < 1.29 is 13.9 Å². The lowest BCUT2D eigenvalue weighted by Crippen LogP contribution is -2.13. The van der Waals surface area contributed by atoms with E-state index in [-0.39, 0.29) is 6.04 Å². The van der Waals surface area contributed by atoms with Crippen LogP contribution in [0, 0.1) is 13.8 Å². The van der Waals surface area contributed by atoms with Gasteiger partial charge in [0.05, 0.1) is 14.2 Å². The quantitative estimate of drug-likeness (QED) is 0.910. The maximum Gasteiger partial charge on any atom is 0.160 e. The standard InChI is InChI=1S/C16H21NO3/c1-10-7-13(11(2)20-10)14(17)8-12-5-6-15(18-3)16(9-12)19-4/h5-7,9,14H,8,17H2,1-4H3. The van der Waals surface area contributed by atoms with Crippen molar-refractivity contribution in [2.75, 3.05) is 14.2 Å². The molecular weight excluding hydrogens is 254 g/mol. The van der Waals surface area contributed by atoms with Gasteiger partial charge >= 0.3 is 0 Å². The maximum absolute atomic E-state index is 6.27. The third kappa shape index (κ3) is 2.96. The minimum Gasteiger partial charge on any atom is -0.493 e. The zero-order valence-electron chi connectivity index (χ0n) is 12.4. The molecule has 1 aromatic heterocycles. The summed E-state index contributed by atoms with van der Waals surface area (Å²) in [6.07, 6.45) is 0.722. The van der Waals surface area contributed by atoms with Gasteiger partial charge in [0, 0.05) is 11.6 Å². The number of benzene rings is 1. The molecule has 2 aromatic rings. The topological polar surface area (TPSA) is 57.6 Å². The second-order valence-corrected chi connectivity index (χ2v) is 4.87. The molecule has 0 saturated heterocycles. The molecule has 0 amide bonds. The molecule has 0 fully saturated rings. The summed E-state index contributed by atoms with van der Waals surface area (Å²) in [5.41, 5.74) is 8.43. The van der Waals surface area contributed by atoms with Crippen LogP contribution in [0.1, 0.15) is 28.7 Å². The van der Waals surface area contributed by atoms with Gasteiger partial charge < -0.3 is 19.6 Å². The van der Waals surface area contributed by atoms with Gasteiger partial charge in [0.25, 0.3) is 0 Å². The normalized spacial score (nSPS) is 12.2. The molecule has 1 atom stereocenters. The molecule has 1 heterocycles. The molecule has 0 bridgehead atoms. The zero-order chi connectivity index (χ0) is 14.7. The molecule has 0 spiro atoms. The molecule has 2 N–H and O–H groups in total. The van der Waals surface area contributed by atoms with E-state index in [9.17, 15) is 0 Å². The summed E-state index contributed by atoms with van der Waals surface area (Å²) in [6.45, 7) is 3.87. The van der Waals surface area contributed by atoms with E-state index in [1.54, 1.807) is 14.2 Å². The summed E-state index contributed by atoms with van der Waals surface area (Å²) >= 11 is 0. The Morgan fingerprint density at radius 3 is 2.35 bits per heavy atom. The lowest BCUT2D eigenvalue weighted by molar-refractivity contribution is 0.354. The summed E-state index contributed by atoms with van der Waals surface area (Å²) in [7, 11) is 3.26. The lowest BCUT2D eigenvalue weighted by Gasteiger charge is -2.13. The van der Waals surface area contributed by atoms with E-state index in [0.717, 1.165) is 40.6 Å². The highest BCUT2D eigenvalue weighted by atomic mass is 16.5. The van der Waals surface area contributed by atoms with Crippen molar-refractivity contribution in [2.24, 2.45) is 5.73 Å². The molecule has 1 aromatic carbocycles. The SMILES string of the molecule is COc1ccc(CC(N)c2cc(C)oc2C)cc1OC. The molecule has 4 nitrogen and oxygen atoms in total. The number of methoxy groups -OCH3 is 2. The van der Waals surface area contributed by atoms with Crippen LogP contribution in [0.3, 0.4) is 0 Å². The number of ether oxygens (including phenoxy) is 2. The third-order valence-electron chi connectivity index (χ3n) is 3.38. The predicted octanol–water partition coefficient (Wildman–Crippen LogP) is 3.16. The first-order valence-corrected chi connectivity index (χ1v) is 6.58. The Labute approximate surface area is 119 Å².